The maximum absolute atomic E-state index is 12.2. The van der Waals surface area contributed by atoms with Crippen LogP contribution in [0.4, 0.5) is 5.69 Å². The Balaban J connectivity index is 1.46. The van der Waals surface area contributed by atoms with Gasteiger partial charge in [0.15, 0.2) is 0 Å². The number of non-ortho nitro benzene ring substituents is 1. The van der Waals surface area contributed by atoms with Crippen molar-refractivity contribution in [2.24, 2.45) is 5.92 Å². The molecule has 0 spiro atoms. The third-order valence-corrected chi connectivity index (χ3v) is 4.93. The van der Waals surface area contributed by atoms with Crippen molar-refractivity contribution >= 4 is 11.6 Å². The zero-order valence-corrected chi connectivity index (χ0v) is 16.4. The van der Waals surface area contributed by atoms with E-state index in [4.69, 9.17) is 9.15 Å². The summed E-state index contributed by atoms with van der Waals surface area (Å²) in [6.45, 7) is 3.37. The monoisotopic (exact) mass is 403 g/mol. The molecule has 1 aliphatic rings. The lowest BCUT2D eigenvalue weighted by Gasteiger charge is -2.30. The molecule has 0 radical (unpaired) electrons. The fourth-order valence-electron chi connectivity index (χ4n) is 3.28. The summed E-state index contributed by atoms with van der Waals surface area (Å²) in [5, 5.41) is 21.8. The van der Waals surface area contributed by atoms with Crippen LogP contribution >= 0.6 is 0 Å². The summed E-state index contributed by atoms with van der Waals surface area (Å²) >= 11 is 0. The number of nitrogens with zero attached hydrogens (tertiary/aromatic N) is 4. The summed E-state index contributed by atoms with van der Waals surface area (Å²) in [6, 6.07) is 5.99. The predicted molar refractivity (Wildman–Crippen MR) is 104 cm³/mol. The molecule has 156 valence electrons. The van der Waals surface area contributed by atoms with Crippen molar-refractivity contribution in [2.45, 2.75) is 25.8 Å². The third kappa shape index (κ3) is 5.81. The molecular weight excluding hydrogens is 378 g/mol. The van der Waals surface area contributed by atoms with Crippen LogP contribution in [-0.2, 0) is 16.1 Å². The maximum atomic E-state index is 12.2. The summed E-state index contributed by atoms with van der Waals surface area (Å²) in [5.41, 5.74) is 0.650. The van der Waals surface area contributed by atoms with Crippen molar-refractivity contribution < 1.29 is 18.9 Å². The number of benzene rings is 1. The number of piperidine rings is 1. The molecule has 0 saturated carbocycles. The molecule has 2 heterocycles. The lowest BCUT2D eigenvalue weighted by atomic mass is 9.96. The van der Waals surface area contributed by atoms with Crippen LogP contribution in [-0.4, -0.2) is 59.3 Å². The number of nitro groups is 1. The van der Waals surface area contributed by atoms with E-state index in [0.717, 1.165) is 32.4 Å². The van der Waals surface area contributed by atoms with Crippen LogP contribution in [0, 0.1) is 16.0 Å². The molecular formula is C19H25N5O5. The largest absolute Gasteiger partial charge is 0.419 e. The minimum atomic E-state index is -0.452. The van der Waals surface area contributed by atoms with Gasteiger partial charge >= 0.3 is 0 Å². The predicted octanol–water partition coefficient (Wildman–Crippen LogP) is 2.01. The van der Waals surface area contributed by atoms with E-state index in [1.807, 2.05) is 0 Å². The number of nitrogens with one attached hydrogen (secondary N) is 1. The molecule has 0 aliphatic carbocycles. The first-order chi connectivity index (χ1) is 14.1. The lowest BCUT2D eigenvalue weighted by Crippen LogP contribution is -2.40. The molecule has 0 bridgehead atoms. The second-order valence-corrected chi connectivity index (χ2v) is 6.99. The third-order valence-electron chi connectivity index (χ3n) is 4.93. The van der Waals surface area contributed by atoms with E-state index in [9.17, 15) is 14.9 Å². The van der Waals surface area contributed by atoms with Crippen LogP contribution in [0.15, 0.2) is 28.7 Å². The number of hydrogen-bond donors (Lipinski definition) is 1. The number of aromatic nitrogens is 2. The lowest BCUT2D eigenvalue weighted by molar-refractivity contribution is -0.384. The van der Waals surface area contributed by atoms with Gasteiger partial charge in [-0.25, -0.2) is 0 Å². The first-order valence-electron chi connectivity index (χ1n) is 9.63. The summed E-state index contributed by atoms with van der Waals surface area (Å²) in [7, 11) is 1.65. The normalized spacial score (nSPS) is 15.3. The molecule has 2 aromatic rings. The van der Waals surface area contributed by atoms with Crippen LogP contribution in [0.3, 0.4) is 0 Å². The van der Waals surface area contributed by atoms with E-state index in [2.05, 4.69) is 20.4 Å². The number of carbonyl (C=O) groups is 1. The second-order valence-electron chi connectivity index (χ2n) is 6.99. The zero-order valence-electron chi connectivity index (χ0n) is 16.4. The van der Waals surface area contributed by atoms with Gasteiger partial charge in [0.05, 0.1) is 11.5 Å². The molecule has 1 saturated heterocycles. The van der Waals surface area contributed by atoms with Crippen LogP contribution in [0.5, 0.6) is 0 Å². The number of likely N-dealkylation sites (tertiary alicyclic amines) is 1. The van der Waals surface area contributed by atoms with Crippen molar-refractivity contribution in [3.8, 4) is 11.5 Å². The van der Waals surface area contributed by atoms with Crippen molar-refractivity contribution in [1.82, 2.24) is 20.4 Å². The molecule has 0 atom stereocenters. The topological polar surface area (TPSA) is 124 Å². The molecule has 1 aromatic heterocycles. The number of amides is 1. The molecule has 0 unspecified atom stereocenters. The fourth-order valence-corrected chi connectivity index (χ4v) is 3.28. The Morgan fingerprint density at radius 2 is 2.03 bits per heavy atom. The smallest absolute Gasteiger partial charge is 0.269 e. The maximum Gasteiger partial charge on any atom is 0.269 e. The van der Waals surface area contributed by atoms with E-state index in [1.165, 1.54) is 12.1 Å². The molecule has 1 aliphatic heterocycles. The summed E-state index contributed by atoms with van der Waals surface area (Å²) in [6.07, 6.45) is 2.40. The Labute approximate surface area is 168 Å². The van der Waals surface area contributed by atoms with Gasteiger partial charge in [0.25, 0.3) is 5.69 Å². The number of methoxy groups -OCH3 is 1. The average molecular weight is 403 g/mol. The van der Waals surface area contributed by atoms with Gasteiger partial charge < -0.3 is 14.5 Å². The molecule has 1 amide bonds. The zero-order chi connectivity index (χ0) is 20.6. The highest BCUT2D eigenvalue weighted by atomic mass is 16.6. The number of hydrogen-bond acceptors (Lipinski definition) is 8. The van der Waals surface area contributed by atoms with E-state index in [1.54, 1.807) is 19.2 Å². The van der Waals surface area contributed by atoms with E-state index in [-0.39, 0.29) is 17.5 Å². The highest BCUT2D eigenvalue weighted by molar-refractivity contribution is 5.78. The van der Waals surface area contributed by atoms with Gasteiger partial charge in [0, 0.05) is 43.9 Å². The quantitative estimate of drug-likeness (QED) is 0.383. The Hall–Kier alpha value is -2.85. The summed E-state index contributed by atoms with van der Waals surface area (Å²) in [5.74, 6) is 0.965. The van der Waals surface area contributed by atoms with Crippen molar-refractivity contribution in [3.63, 3.8) is 0 Å². The number of carbonyl (C=O) groups excluding carboxylic acids is 1. The van der Waals surface area contributed by atoms with Gasteiger partial charge in [-0.15, -0.1) is 10.2 Å². The minimum absolute atomic E-state index is 0.0130. The van der Waals surface area contributed by atoms with E-state index in [0.29, 0.717) is 37.0 Å². The van der Waals surface area contributed by atoms with Gasteiger partial charge in [-0.05, 0) is 44.5 Å². The van der Waals surface area contributed by atoms with Crippen molar-refractivity contribution in [2.75, 3.05) is 33.4 Å². The molecule has 29 heavy (non-hydrogen) atoms. The summed E-state index contributed by atoms with van der Waals surface area (Å²) < 4.78 is 10.7. The highest BCUT2D eigenvalue weighted by Gasteiger charge is 2.25. The molecule has 3 rings (SSSR count). The van der Waals surface area contributed by atoms with Crippen LogP contribution in [0.25, 0.3) is 11.5 Å². The molecule has 1 N–H and O–H groups in total. The summed E-state index contributed by atoms with van der Waals surface area (Å²) in [4.78, 5) is 24.7. The van der Waals surface area contributed by atoms with E-state index >= 15 is 0 Å². The highest BCUT2D eigenvalue weighted by Crippen LogP contribution is 2.23. The van der Waals surface area contributed by atoms with E-state index < -0.39 is 4.92 Å². The van der Waals surface area contributed by atoms with Crippen molar-refractivity contribution in [3.05, 3.63) is 40.3 Å². The van der Waals surface area contributed by atoms with Crippen LogP contribution in [0.2, 0.25) is 0 Å². The van der Waals surface area contributed by atoms with Crippen molar-refractivity contribution in [1.29, 1.82) is 0 Å². The Kier molecular flexibility index (Phi) is 7.25. The Morgan fingerprint density at radius 3 is 2.69 bits per heavy atom. The second kappa shape index (κ2) is 10.1. The van der Waals surface area contributed by atoms with Crippen LogP contribution < -0.4 is 5.32 Å². The van der Waals surface area contributed by atoms with Gasteiger partial charge in [0.2, 0.25) is 17.7 Å². The molecule has 1 fully saturated rings. The standard InChI is InChI=1S/C19H25N5O5/c1-28-12-2-9-20-18(25)14-7-10-23(11-8-14)13-17-21-22-19(29-17)15-3-5-16(6-4-15)24(26)27/h3-6,14H,2,7-13H2,1H3,(H,20,25). The molecule has 10 heteroatoms. The van der Waals surface area contributed by atoms with Gasteiger partial charge in [-0.3, -0.25) is 19.8 Å². The minimum Gasteiger partial charge on any atom is -0.419 e. The van der Waals surface area contributed by atoms with Gasteiger partial charge in [-0.1, -0.05) is 0 Å². The molecule has 1 aromatic carbocycles. The fraction of sp³-hybridized carbons (Fsp3) is 0.526. The Bertz CT molecular complexity index is 815. The first-order valence-corrected chi connectivity index (χ1v) is 9.63. The Morgan fingerprint density at radius 1 is 1.31 bits per heavy atom. The average Bonchev–Trinajstić information content (AvgIpc) is 3.20. The SMILES string of the molecule is COCCCNC(=O)C1CCN(Cc2nnc(-c3ccc([N+](=O)[O-])cc3)o2)CC1. The van der Waals surface area contributed by atoms with Gasteiger partial charge in [0.1, 0.15) is 0 Å². The number of nitro benzene ring substituents is 1. The number of ether oxygens (including phenoxy) is 1. The molecule has 10 nitrogen and oxygen atoms in total. The van der Waals surface area contributed by atoms with Crippen LogP contribution in [0.1, 0.15) is 25.2 Å². The van der Waals surface area contributed by atoms with Gasteiger partial charge in [-0.2, -0.15) is 0 Å². The first kappa shape index (κ1) is 20.9. The number of rotatable bonds is 9.